The molecule has 2 atom stereocenters. The lowest BCUT2D eigenvalue weighted by Gasteiger charge is -2.29. The third-order valence-corrected chi connectivity index (χ3v) is 5.85. The molecule has 0 aromatic carbocycles. The molecule has 1 fully saturated rings. The van der Waals surface area contributed by atoms with Gasteiger partial charge in [-0.15, -0.1) is 11.3 Å². The largest absolute Gasteiger partial charge is 0.367 e. The number of nitrogen functional groups attached to an aromatic ring is 1. The lowest BCUT2D eigenvalue weighted by Crippen LogP contribution is -2.41. The first-order chi connectivity index (χ1) is 11.1. The number of hydrogen-bond donors (Lipinski definition) is 2. The quantitative estimate of drug-likeness (QED) is 0.890. The molecular weight excluding hydrogens is 310 g/mol. The van der Waals surface area contributed by atoms with Crippen molar-refractivity contribution in [1.29, 1.82) is 0 Å². The monoisotopic (exact) mass is 333 g/mol. The van der Waals surface area contributed by atoms with Gasteiger partial charge in [0.2, 0.25) is 5.88 Å². The van der Waals surface area contributed by atoms with Crippen molar-refractivity contribution in [3.05, 3.63) is 22.6 Å². The average molecular weight is 333 g/mol. The molecule has 0 aliphatic heterocycles. The smallest absolute Gasteiger partial charge is 0.259 e. The summed E-state index contributed by atoms with van der Waals surface area (Å²) in [4.78, 5) is 14.9. The Morgan fingerprint density at radius 3 is 2.91 bits per heavy atom. The molecule has 0 bridgehead atoms. The molecule has 6 heteroatoms. The van der Waals surface area contributed by atoms with Gasteiger partial charge < -0.3 is 15.6 Å². The number of anilines is 1. The second-order valence-electron chi connectivity index (χ2n) is 6.23. The number of nitrogens with one attached hydrogen (secondary N) is 1. The summed E-state index contributed by atoms with van der Waals surface area (Å²) in [5.74, 6) is 0.405. The standard InChI is InChI=1S/C17H23N3O2S/c1-3-11-8-9-13(23-11)15-14(16(18)22-20-15)17(21)19-12-7-5-4-6-10(12)2/h8-10,12H,3-7,18H2,1-2H3,(H,19,21). The first-order valence-corrected chi connectivity index (χ1v) is 9.07. The Morgan fingerprint density at radius 2 is 2.22 bits per heavy atom. The zero-order chi connectivity index (χ0) is 16.4. The molecule has 1 aliphatic carbocycles. The molecule has 1 saturated carbocycles. The number of carbonyl (C=O) groups is 1. The topological polar surface area (TPSA) is 81.2 Å². The third-order valence-electron chi connectivity index (χ3n) is 4.62. The maximum atomic E-state index is 12.7. The molecule has 0 spiro atoms. The molecule has 3 rings (SSSR count). The molecular formula is C17H23N3O2S. The Kier molecular flexibility index (Phi) is 4.71. The van der Waals surface area contributed by atoms with E-state index in [9.17, 15) is 4.79 Å². The van der Waals surface area contributed by atoms with E-state index in [0.717, 1.165) is 30.6 Å². The molecule has 1 aliphatic rings. The lowest BCUT2D eigenvalue weighted by molar-refractivity contribution is 0.0911. The predicted octanol–water partition coefficient (Wildman–Crippen LogP) is 3.86. The van der Waals surface area contributed by atoms with Crippen LogP contribution >= 0.6 is 11.3 Å². The van der Waals surface area contributed by atoms with Crippen molar-refractivity contribution in [3.63, 3.8) is 0 Å². The van der Waals surface area contributed by atoms with E-state index in [0.29, 0.717) is 17.2 Å². The van der Waals surface area contributed by atoms with Gasteiger partial charge in [0, 0.05) is 10.9 Å². The summed E-state index contributed by atoms with van der Waals surface area (Å²) in [5.41, 5.74) is 6.79. The van der Waals surface area contributed by atoms with Crippen molar-refractivity contribution in [1.82, 2.24) is 10.5 Å². The maximum Gasteiger partial charge on any atom is 0.259 e. The van der Waals surface area contributed by atoms with Crippen LogP contribution in [0, 0.1) is 5.92 Å². The highest BCUT2D eigenvalue weighted by Crippen LogP contribution is 2.33. The van der Waals surface area contributed by atoms with E-state index < -0.39 is 0 Å². The van der Waals surface area contributed by atoms with Gasteiger partial charge in [-0.1, -0.05) is 31.8 Å². The van der Waals surface area contributed by atoms with Crippen LogP contribution in [0.3, 0.4) is 0 Å². The van der Waals surface area contributed by atoms with E-state index in [1.54, 1.807) is 11.3 Å². The number of amides is 1. The fourth-order valence-corrected chi connectivity index (χ4v) is 4.09. The van der Waals surface area contributed by atoms with Gasteiger partial charge in [-0.05, 0) is 37.3 Å². The van der Waals surface area contributed by atoms with Crippen molar-refractivity contribution in [2.75, 3.05) is 5.73 Å². The van der Waals surface area contributed by atoms with E-state index in [-0.39, 0.29) is 17.8 Å². The summed E-state index contributed by atoms with van der Waals surface area (Å²) in [6, 6.07) is 4.23. The highest BCUT2D eigenvalue weighted by atomic mass is 32.1. The number of hydrogen-bond acceptors (Lipinski definition) is 5. The van der Waals surface area contributed by atoms with E-state index in [4.69, 9.17) is 10.3 Å². The molecule has 2 heterocycles. The third kappa shape index (κ3) is 3.27. The van der Waals surface area contributed by atoms with Gasteiger partial charge in [0.1, 0.15) is 11.3 Å². The van der Waals surface area contributed by atoms with Gasteiger partial charge in [0.15, 0.2) is 0 Å². The Morgan fingerprint density at radius 1 is 1.43 bits per heavy atom. The van der Waals surface area contributed by atoms with E-state index in [1.165, 1.54) is 11.3 Å². The van der Waals surface area contributed by atoms with Crippen LogP contribution in [0.5, 0.6) is 0 Å². The van der Waals surface area contributed by atoms with Crippen molar-refractivity contribution in [2.24, 2.45) is 5.92 Å². The molecule has 3 N–H and O–H groups in total. The van der Waals surface area contributed by atoms with Gasteiger partial charge >= 0.3 is 0 Å². The lowest BCUT2D eigenvalue weighted by atomic mass is 9.86. The maximum absolute atomic E-state index is 12.7. The zero-order valence-electron chi connectivity index (χ0n) is 13.6. The molecule has 0 saturated heterocycles. The summed E-state index contributed by atoms with van der Waals surface area (Å²) in [6.07, 6.45) is 5.53. The Bertz CT molecular complexity index is 692. The van der Waals surface area contributed by atoms with Gasteiger partial charge in [0.05, 0.1) is 4.88 Å². The molecule has 23 heavy (non-hydrogen) atoms. The van der Waals surface area contributed by atoms with Crippen LogP contribution in [0.2, 0.25) is 0 Å². The summed E-state index contributed by atoms with van der Waals surface area (Å²) in [5, 5.41) is 7.14. The number of thiophene rings is 1. The second-order valence-corrected chi connectivity index (χ2v) is 7.40. The molecule has 1 amide bonds. The van der Waals surface area contributed by atoms with Crippen LogP contribution in [0.4, 0.5) is 5.88 Å². The Hall–Kier alpha value is -1.82. The first-order valence-electron chi connectivity index (χ1n) is 8.25. The summed E-state index contributed by atoms with van der Waals surface area (Å²) >= 11 is 1.62. The van der Waals surface area contributed by atoms with Crippen LogP contribution in [0.25, 0.3) is 10.6 Å². The Balaban J connectivity index is 1.84. The summed E-state index contributed by atoms with van der Waals surface area (Å²) in [6.45, 7) is 4.29. The molecule has 2 aromatic heterocycles. The fourth-order valence-electron chi connectivity index (χ4n) is 3.16. The van der Waals surface area contributed by atoms with Crippen LogP contribution in [-0.2, 0) is 6.42 Å². The predicted molar refractivity (Wildman–Crippen MR) is 92.5 cm³/mol. The van der Waals surface area contributed by atoms with Gasteiger partial charge in [-0.25, -0.2) is 0 Å². The van der Waals surface area contributed by atoms with Crippen LogP contribution < -0.4 is 11.1 Å². The highest BCUT2D eigenvalue weighted by Gasteiger charge is 2.28. The number of aryl methyl sites for hydroxylation is 1. The minimum atomic E-state index is -0.177. The van der Waals surface area contributed by atoms with E-state index in [1.807, 2.05) is 6.07 Å². The van der Waals surface area contributed by atoms with Gasteiger partial charge in [-0.3, -0.25) is 4.79 Å². The summed E-state index contributed by atoms with van der Waals surface area (Å²) < 4.78 is 5.10. The molecule has 124 valence electrons. The van der Waals surface area contributed by atoms with Crippen LogP contribution in [0.15, 0.2) is 16.7 Å². The average Bonchev–Trinajstić information content (AvgIpc) is 3.15. The number of nitrogens with two attached hydrogens (primary N) is 1. The number of carbonyl (C=O) groups excluding carboxylic acids is 1. The molecule has 0 radical (unpaired) electrons. The van der Waals surface area contributed by atoms with Crippen molar-refractivity contribution in [3.8, 4) is 10.6 Å². The van der Waals surface area contributed by atoms with Gasteiger partial charge in [0.25, 0.3) is 5.91 Å². The zero-order valence-corrected chi connectivity index (χ0v) is 14.4. The Labute approximate surface area is 140 Å². The molecule has 5 nitrogen and oxygen atoms in total. The van der Waals surface area contributed by atoms with Crippen LogP contribution in [0.1, 0.15) is 54.8 Å². The molecule has 2 unspecified atom stereocenters. The summed E-state index contributed by atoms with van der Waals surface area (Å²) in [7, 11) is 0. The SMILES string of the molecule is CCc1ccc(-c2noc(N)c2C(=O)NC2CCCCC2C)s1. The highest BCUT2D eigenvalue weighted by molar-refractivity contribution is 7.15. The van der Waals surface area contributed by atoms with Crippen molar-refractivity contribution >= 4 is 23.1 Å². The number of aromatic nitrogens is 1. The van der Waals surface area contributed by atoms with E-state index in [2.05, 4.69) is 30.4 Å². The first kappa shape index (κ1) is 16.1. The minimum Gasteiger partial charge on any atom is -0.367 e. The van der Waals surface area contributed by atoms with Crippen molar-refractivity contribution in [2.45, 2.75) is 52.0 Å². The fraction of sp³-hybridized carbons (Fsp3) is 0.529. The number of nitrogens with zero attached hydrogens (tertiary/aromatic N) is 1. The normalized spacial score (nSPS) is 21.3. The number of rotatable bonds is 4. The van der Waals surface area contributed by atoms with Crippen LogP contribution in [-0.4, -0.2) is 17.1 Å². The van der Waals surface area contributed by atoms with Crippen molar-refractivity contribution < 1.29 is 9.32 Å². The second kappa shape index (κ2) is 6.74. The van der Waals surface area contributed by atoms with Gasteiger partial charge in [-0.2, -0.15) is 0 Å². The minimum absolute atomic E-state index is 0.0902. The molecule has 2 aromatic rings. The van der Waals surface area contributed by atoms with E-state index >= 15 is 0 Å².